The predicted molar refractivity (Wildman–Crippen MR) is 80.5 cm³/mol. The monoisotopic (exact) mass is 293 g/mol. The van der Waals surface area contributed by atoms with Crippen molar-refractivity contribution in [2.24, 2.45) is 0 Å². The first-order valence-electron chi connectivity index (χ1n) is 6.69. The third-order valence-electron chi connectivity index (χ3n) is 3.56. The molecule has 0 unspecified atom stereocenters. The number of nitrogens with zero attached hydrogens (tertiary/aromatic N) is 2. The van der Waals surface area contributed by atoms with Gasteiger partial charge in [0.05, 0.1) is 5.69 Å². The van der Waals surface area contributed by atoms with Crippen LogP contribution in [0, 0.1) is 0 Å². The van der Waals surface area contributed by atoms with E-state index < -0.39 is 0 Å². The molecule has 2 heterocycles. The highest BCUT2D eigenvalue weighted by molar-refractivity contribution is 5.96. The lowest BCUT2D eigenvalue weighted by Crippen LogP contribution is -2.25. The minimum Gasteiger partial charge on any atom is -0.482 e. The second-order valence-corrected chi connectivity index (χ2v) is 4.99. The average Bonchev–Trinajstić information content (AvgIpc) is 3.01. The van der Waals surface area contributed by atoms with Crippen LogP contribution in [0.4, 0.5) is 5.69 Å². The van der Waals surface area contributed by atoms with Gasteiger partial charge in [-0.2, -0.15) is 0 Å². The molecule has 0 aliphatic carbocycles. The van der Waals surface area contributed by atoms with Gasteiger partial charge in [0.1, 0.15) is 16.8 Å². The van der Waals surface area contributed by atoms with Crippen molar-refractivity contribution in [1.29, 1.82) is 0 Å². The number of benzene rings is 2. The zero-order chi connectivity index (χ0) is 15.1. The fourth-order valence-electron chi connectivity index (χ4n) is 2.41. The van der Waals surface area contributed by atoms with Crippen molar-refractivity contribution in [1.82, 2.24) is 10.3 Å². The number of amides is 1. The molecule has 3 aromatic rings. The number of hydrogen-bond donors (Lipinski definition) is 1. The number of rotatable bonds is 2. The molecule has 0 fully saturated rings. The summed E-state index contributed by atoms with van der Waals surface area (Å²) in [5, 5.41) is 10.4. The molecule has 0 bridgehead atoms. The molecular weight excluding hydrogens is 282 g/mol. The Morgan fingerprint density at radius 2 is 1.86 bits per heavy atom. The molecule has 22 heavy (non-hydrogen) atoms. The Labute approximate surface area is 125 Å². The van der Waals surface area contributed by atoms with Gasteiger partial charge >= 0.3 is 0 Å². The average molecular weight is 293 g/mol. The topological polar surface area (TPSA) is 77.2 Å². The van der Waals surface area contributed by atoms with Gasteiger partial charge < -0.3 is 10.1 Å². The van der Waals surface area contributed by atoms with Gasteiger partial charge in [0.15, 0.2) is 6.61 Å². The molecule has 6 heteroatoms. The lowest BCUT2D eigenvalue weighted by Gasteiger charge is -2.19. The number of hydrogen-bond acceptors (Lipinski definition) is 5. The summed E-state index contributed by atoms with van der Waals surface area (Å²) in [7, 11) is 0. The van der Waals surface area contributed by atoms with Crippen LogP contribution in [-0.4, -0.2) is 22.8 Å². The van der Waals surface area contributed by atoms with Crippen LogP contribution in [0.1, 0.15) is 11.1 Å². The highest BCUT2D eigenvalue weighted by Gasteiger charge is 2.17. The lowest BCUT2D eigenvalue weighted by molar-refractivity contribution is -0.118. The molecule has 0 saturated carbocycles. The zero-order valence-corrected chi connectivity index (χ0v) is 11.5. The molecule has 1 N–H and O–H groups in total. The Balaban J connectivity index is 1.73. The van der Waals surface area contributed by atoms with Crippen molar-refractivity contribution < 1.29 is 14.2 Å². The summed E-state index contributed by atoms with van der Waals surface area (Å²) in [6, 6.07) is 11.2. The minimum absolute atomic E-state index is 0.0448. The summed E-state index contributed by atoms with van der Waals surface area (Å²) in [5.41, 5.74) is 4.63. The zero-order valence-electron chi connectivity index (χ0n) is 11.5. The number of nitrogens with one attached hydrogen (secondary N) is 1. The Kier molecular flexibility index (Phi) is 2.69. The summed E-state index contributed by atoms with van der Waals surface area (Å²) in [6.07, 6.45) is 0. The third-order valence-corrected chi connectivity index (χ3v) is 3.56. The molecule has 1 aromatic heterocycles. The van der Waals surface area contributed by atoms with Crippen molar-refractivity contribution in [2.75, 3.05) is 11.9 Å². The summed E-state index contributed by atoms with van der Waals surface area (Å²) in [5.74, 6) is 0.498. The van der Waals surface area contributed by atoms with E-state index in [1.54, 1.807) is 0 Å². The number of carbonyl (C=O) groups is 1. The van der Waals surface area contributed by atoms with E-state index in [9.17, 15) is 4.79 Å². The number of carbonyl (C=O) groups excluding carboxylic acids is 1. The Morgan fingerprint density at radius 1 is 1.09 bits per heavy atom. The van der Waals surface area contributed by atoms with E-state index in [0.29, 0.717) is 22.5 Å². The van der Waals surface area contributed by atoms with Crippen LogP contribution in [0.5, 0.6) is 5.75 Å². The van der Waals surface area contributed by atoms with Crippen LogP contribution in [0.25, 0.3) is 16.6 Å². The van der Waals surface area contributed by atoms with Crippen molar-refractivity contribution in [3.63, 3.8) is 0 Å². The highest BCUT2D eigenvalue weighted by atomic mass is 16.6. The fraction of sp³-hybridized carbons (Fsp3) is 0.0625. The van der Waals surface area contributed by atoms with Crippen molar-refractivity contribution >= 4 is 28.2 Å². The summed E-state index contributed by atoms with van der Waals surface area (Å²) >= 11 is 0. The molecule has 0 spiro atoms. The normalized spacial score (nSPS) is 13.4. The van der Waals surface area contributed by atoms with E-state index in [-0.39, 0.29) is 12.5 Å². The summed E-state index contributed by atoms with van der Waals surface area (Å²) in [4.78, 5) is 11.4. The van der Waals surface area contributed by atoms with Crippen LogP contribution >= 0.6 is 0 Å². The number of fused-ring (bicyclic) bond motifs is 2. The second kappa shape index (κ2) is 4.70. The molecule has 2 aromatic carbocycles. The third kappa shape index (κ3) is 2.01. The maximum atomic E-state index is 11.4. The number of aromatic nitrogens is 2. The number of anilines is 1. The van der Waals surface area contributed by atoms with Gasteiger partial charge in [0.25, 0.3) is 5.91 Å². The van der Waals surface area contributed by atoms with E-state index in [1.165, 1.54) is 0 Å². The van der Waals surface area contributed by atoms with Crippen molar-refractivity contribution in [3.05, 3.63) is 54.1 Å². The quantitative estimate of drug-likeness (QED) is 0.786. The minimum atomic E-state index is -0.162. The molecule has 108 valence electrons. The van der Waals surface area contributed by atoms with Crippen LogP contribution < -0.4 is 10.1 Å². The van der Waals surface area contributed by atoms with Gasteiger partial charge in [0, 0.05) is 0 Å². The molecule has 6 nitrogen and oxygen atoms in total. The van der Waals surface area contributed by atoms with Gasteiger partial charge in [-0.1, -0.05) is 18.7 Å². The van der Waals surface area contributed by atoms with Crippen molar-refractivity contribution in [3.8, 4) is 5.75 Å². The maximum absolute atomic E-state index is 11.4. The standard InChI is InChI=1S/C16H11N3O3/c1-9(10-2-4-12-13(6-10)19-22-18-12)11-3-5-15-14(7-11)17-16(20)8-21-15/h2-7H,1,8H2,(H,17,20). The van der Waals surface area contributed by atoms with Gasteiger partial charge in [-0.3, -0.25) is 4.79 Å². The second-order valence-electron chi connectivity index (χ2n) is 4.99. The number of ether oxygens (including phenoxy) is 1. The first-order valence-corrected chi connectivity index (χ1v) is 6.69. The molecular formula is C16H11N3O3. The first-order chi connectivity index (χ1) is 10.7. The largest absolute Gasteiger partial charge is 0.482 e. The summed E-state index contributed by atoms with van der Waals surface area (Å²) in [6.45, 7) is 4.17. The lowest BCUT2D eigenvalue weighted by atomic mass is 9.98. The first kappa shape index (κ1) is 12.6. The maximum Gasteiger partial charge on any atom is 0.262 e. The van der Waals surface area contributed by atoms with Gasteiger partial charge in [-0.15, -0.1) is 0 Å². The summed E-state index contributed by atoms with van der Waals surface area (Å²) < 4.78 is 10.0. The molecule has 1 aliphatic rings. The van der Waals surface area contributed by atoms with Gasteiger partial charge in [-0.05, 0) is 51.3 Å². The molecule has 1 aliphatic heterocycles. The Hall–Kier alpha value is -3.15. The Morgan fingerprint density at radius 3 is 2.77 bits per heavy atom. The fourth-order valence-corrected chi connectivity index (χ4v) is 2.41. The predicted octanol–water partition coefficient (Wildman–Crippen LogP) is 2.62. The van der Waals surface area contributed by atoms with Gasteiger partial charge in [0.2, 0.25) is 0 Å². The SMILES string of the molecule is C=C(c1ccc2c(c1)NC(=O)CO2)c1ccc2nonc2c1. The van der Waals surface area contributed by atoms with Crippen LogP contribution in [-0.2, 0) is 4.79 Å². The van der Waals surface area contributed by atoms with E-state index in [2.05, 4.69) is 22.2 Å². The van der Waals surface area contributed by atoms with E-state index in [4.69, 9.17) is 9.37 Å². The van der Waals surface area contributed by atoms with E-state index >= 15 is 0 Å². The highest BCUT2D eigenvalue weighted by Crippen LogP contribution is 2.32. The van der Waals surface area contributed by atoms with Crippen LogP contribution in [0.15, 0.2) is 47.6 Å². The van der Waals surface area contributed by atoms with Crippen molar-refractivity contribution in [2.45, 2.75) is 0 Å². The molecule has 1 amide bonds. The molecule has 0 saturated heterocycles. The Bertz CT molecular complexity index is 914. The molecule has 4 rings (SSSR count). The molecule has 0 radical (unpaired) electrons. The van der Waals surface area contributed by atoms with E-state index in [0.717, 1.165) is 16.7 Å². The van der Waals surface area contributed by atoms with Gasteiger partial charge in [-0.25, -0.2) is 4.63 Å². The van der Waals surface area contributed by atoms with E-state index in [1.807, 2.05) is 36.4 Å². The smallest absolute Gasteiger partial charge is 0.262 e. The van der Waals surface area contributed by atoms with Crippen LogP contribution in [0.2, 0.25) is 0 Å². The van der Waals surface area contributed by atoms with Crippen LogP contribution in [0.3, 0.4) is 0 Å². The molecule has 0 atom stereocenters.